The topological polar surface area (TPSA) is 26.3 Å². The van der Waals surface area contributed by atoms with Gasteiger partial charge in [-0.25, -0.2) is 0 Å². The Labute approximate surface area is 55.2 Å². The first-order valence-corrected chi connectivity index (χ1v) is 3.32. The fraction of sp³-hybridized carbons (Fsp3) is 0.857. The molecule has 0 spiro atoms. The Kier molecular flexibility index (Phi) is 1.47. The normalized spacial score (nSPS) is 22.4. The van der Waals surface area contributed by atoms with E-state index >= 15 is 0 Å². The summed E-state index contributed by atoms with van der Waals surface area (Å²) in [6.45, 7) is 3.45. The Bertz CT molecular complexity index is 125. The van der Waals surface area contributed by atoms with Crippen LogP contribution in [0.3, 0.4) is 0 Å². The molecule has 1 fully saturated rings. The molecule has 1 rings (SSSR count). The molecule has 1 aliphatic rings. The highest BCUT2D eigenvalue weighted by Crippen LogP contribution is 2.34. The van der Waals surface area contributed by atoms with Gasteiger partial charge in [-0.3, -0.25) is 4.79 Å². The van der Waals surface area contributed by atoms with Crippen molar-refractivity contribution in [3.63, 3.8) is 0 Å². The van der Waals surface area contributed by atoms with E-state index in [4.69, 9.17) is 4.74 Å². The Hall–Kier alpha value is -0.530. The third kappa shape index (κ3) is 1.44. The average Bonchev–Trinajstić information content (AvgIpc) is 1.60. The van der Waals surface area contributed by atoms with Crippen molar-refractivity contribution in [1.82, 2.24) is 0 Å². The van der Waals surface area contributed by atoms with Crippen molar-refractivity contribution in [3.05, 3.63) is 0 Å². The molecule has 0 aromatic rings. The molecule has 2 nitrogen and oxygen atoms in total. The molecule has 0 unspecified atom stereocenters. The summed E-state index contributed by atoms with van der Waals surface area (Å²) >= 11 is 0. The van der Waals surface area contributed by atoms with Gasteiger partial charge in [-0.05, 0) is 26.2 Å². The van der Waals surface area contributed by atoms with Gasteiger partial charge in [0, 0.05) is 6.92 Å². The lowest BCUT2D eigenvalue weighted by molar-refractivity contribution is -0.163. The molecule has 1 aliphatic carbocycles. The molecular formula is C7H12O2. The van der Waals surface area contributed by atoms with Crippen LogP contribution in [0.2, 0.25) is 0 Å². The molecule has 0 heterocycles. The largest absolute Gasteiger partial charge is 0.460 e. The minimum Gasteiger partial charge on any atom is -0.460 e. The van der Waals surface area contributed by atoms with E-state index in [0.717, 1.165) is 12.8 Å². The summed E-state index contributed by atoms with van der Waals surface area (Å²) in [6, 6.07) is 0. The summed E-state index contributed by atoms with van der Waals surface area (Å²) in [4.78, 5) is 10.4. The second-order valence-electron chi connectivity index (χ2n) is 2.90. The van der Waals surface area contributed by atoms with Crippen molar-refractivity contribution in [2.45, 2.75) is 38.7 Å². The van der Waals surface area contributed by atoms with E-state index in [-0.39, 0.29) is 11.6 Å². The van der Waals surface area contributed by atoms with Gasteiger partial charge in [0.15, 0.2) is 0 Å². The first kappa shape index (κ1) is 6.59. The highest BCUT2D eigenvalue weighted by atomic mass is 16.6. The summed E-state index contributed by atoms with van der Waals surface area (Å²) in [5, 5.41) is 0. The Morgan fingerprint density at radius 2 is 2.11 bits per heavy atom. The van der Waals surface area contributed by atoms with Gasteiger partial charge < -0.3 is 4.74 Å². The summed E-state index contributed by atoms with van der Waals surface area (Å²) < 4.78 is 5.03. The van der Waals surface area contributed by atoms with E-state index in [1.807, 2.05) is 6.92 Å². The van der Waals surface area contributed by atoms with Gasteiger partial charge in [0.1, 0.15) is 5.60 Å². The number of carbonyl (C=O) groups excluding carboxylic acids is 1. The van der Waals surface area contributed by atoms with E-state index in [9.17, 15) is 4.79 Å². The van der Waals surface area contributed by atoms with E-state index in [1.54, 1.807) is 0 Å². The number of hydrogen-bond donors (Lipinski definition) is 0. The smallest absolute Gasteiger partial charge is 0.303 e. The van der Waals surface area contributed by atoms with E-state index in [0.29, 0.717) is 0 Å². The predicted molar refractivity (Wildman–Crippen MR) is 34.0 cm³/mol. The Morgan fingerprint density at radius 1 is 1.56 bits per heavy atom. The van der Waals surface area contributed by atoms with Crippen LogP contribution in [0, 0.1) is 0 Å². The van der Waals surface area contributed by atoms with Gasteiger partial charge in [-0.1, -0.05) is 0 Å². The number of esters is 1. The van der Waals surface area contributed by atoms with Crippen LogP contribution < -0.4 is 0 Å². The van der Waals surface area contributed by atoms with Crippen molar-refractivity contribution >= 4 is 5.97 Å². The van der Waals surface area contributed by atoms with Gasteiger partial charge in [-0.15, -0.1) is 0 Å². The quantitative estimate of drug-likeness (QED) is 0.500. The molecule has 1 saturated carbocycles. The molecule has 0 N–H and O–H groups in total. The lowest BCUT2D eigenvalue weighted by Crippen LogP contribution is -2.37. The van der Waals surface area contributed by atoms with E-state index in [1.165, 1.54) is 13.3 Å². The van der Waals surface area contributed by atoms with Gasteiger partial charge in [0.2, 0.25) is 0 Å². The summed E-state index contributed by atoms with van der Waals surface area (Å²) in [5.74, 6) is -0.155. The minimum atomic E-state index is -0.155. The van der Waals surface area contributed by atoms with Crippen LogP contribution in [0.15, 0.2) is 0 Å². The summed E-state index contributed by atoms with van der Waals surface area (Å²) in [5.41, 5.74) is -0.105. The third-order valence-electron chi connectivity index (χ3n) is 1.80. The van der Waals surface area contributed by atoms with Gasteiger partial charge >= 0.3 is 5.97 Å². The molecular weight excluding hydrogens is 116 g/mol. The lowest BCUT2D eigenvalue weighted by Gasteiger charge is -2.37. The second kappa shape index (κ2) is 2.01. The second-order valence-corrected chi connectivity index (χ2v) is 2.90. The van der Waals surface area contributed by atoms with Crippen molar-refractivity contribution in [1.29, 1.82) is 0 Å². The number of carbonyl (C=O) groups is 1. The van der Waals surface area contributed by atoms with Crippen LogP contribution in [0.1, 0.15) is 33.1 Å². The summed E-state index contributed by atoms with van der Waals surface area (Å²) in [6.07, 6.45) is 3.27. The zero-order valence-electron chi connectivity index (χ0n) is 5.94. The Balaban J connectivity index is 2.33. The van der Waals surface area contributed by atoms with Crippen molar-refractivity contribution < 1.29 is 9.53 Å². The maximum absolute atomic E-state index is 10.4. The molecule has 52 valence electrons. The van der Waals surface area contributed by atoms with Gasteiger partial charge in [-0.2, -0.15) is 0 Å². The molecule has 9 heavy (non-hydrogen) atoms. The van der Waals surface area contributed by atoms with Crippen molar-refractivity contribution in [2.75, 3.05) is 0 Å². The molecule has 0 aliphatic heterocycles. The van der Waals surface area contributed by atoms with Crippen LogP contribution in [0.5, 0.6) is 0 Å². The van der Waals surface area contributed by atoms with Crippen LogP contribution in [-0.4, -0.2) is 11.6 Å². The molecule has 0 amide bonds. The highest BCUT2D eigenvalue weighted by Gasteiger charge is 2.34. The molecule has 2 heteroatoms. The van der Waals surface area contributed by atoms with Crippen LogP contribution in [-0.2, 0) is 9.53 Å². The monoisotopic (exact) mass is 128 g/mol. The number of ether oxygens (including phenoxy) is 1. The third-order valence-corrected chi connectivity index (χ3v) is 1.80. The van der Waals surface area contributed by atoms with Crippen molar-refractivity contribution in [3.8, 4) is 0 Å². The van der Waals surface area contributed by atoms with Gasteiger partial charge in [0.25, 0.3) is 0 Å². The average molecular weight is 128 g/mol. The molecule has 0 radical (unpaired) electrons. The first-order valence-electron chi connectivity index (χ1n) is 3.32. The molecule has 0 aromatic carbocycles. The van der Waals surface area contributed by atoms with Crippen LogP contribution >= 0.6 is 0 Å². The lowest BCUT2D eigenvalue weighted by atomic mass is 9.82. The highest BCUT2D eigenvalue weighted by molar-refractivity contribution is 5.66. The fourth-order valence-corrected chi connectivity index (χ4v) is 1.12. The van der Waals surface area contributed by atoms with Crippen LogP contribution in [0.25, 0.3) is 0 Å². The SMILES string of the molecule is CC(=O)OC1(C)CCC1. The maximum atomic E-state index is 10.4. The molecule has 0 atom stereocenters. The van der Waals surface area contributed by atoms with Gasteiger partial charge in [0.05, 0.1) is 0 Å². The molecule has 0 saturated heterocycles. The van der Waals surface area contributed by atoms with Crippen molar-refractivity contribution in [2.24, 2.45) is 0 Å². The zero-order valence-corrected chi connectivity index (χ0v) is 5.94. The van der Waals surface area contributed by atoms with E-state index < -0.39 is 0 Å². The zero-order chi connectivity index (χ0) is 6.91. The molecule has 0 aromatic heterocycles. The fourth-order valence-electron chi connectivity index (χ4n) is 1.12. The Morgan fingerprint density at radius 3 is 2.22 bits per heavy atom. The minimum absolute atomic E-state index is 0.105. The molecule has 0 bridgehead atoms. The predicted octanol–water partition coefficient (Wildman–Crippen LogP) is 1.49. The maximum Gasteiger partial charge on any atom is 0.303 e. The summed E-state index contributed by atoms with van der Waals surface area (Å²) in [7, 11) is 0. The number of hydrogen-bond acceptors (Lipinski definition) is 2. The van der Waals surface area contributed by atoms with Crippen LogP contribution in [0.4, 0.5) is 0 Å². The standard InChI is InChI=1S/C7H12O2/c1-6(8)9-7(2)4-3-5-7/h3-5H2,1-2H3. The first-order chi connectivity index (χ1) is 4.12. The number of rotatable bonds is 1. The van der Waals surface area contributed by atoms with E-state index in [2.05, 4.69) is 0 Å².